The summed E-state index contributed by atoms with van der Waals surface area (Å²) in [6.45, 7) is 1.32. The summed E-state index contributed by atoms with van der Waals surface area (Å²) in [6, 6.07) is 0. The van der Waals surface area contributed by atoms with E-state index in [-0.39, 0.29) is 17.8 Å². The fourth-order valence-electron chi connectivity index (χ4n) is 0.207. The van der Waals surface area contributed by atoms with Crippen LogP contribution in [0.2, 0.25) is 0 Å². The molecular formula is C5H10O4S. The lowest BCUT2D eigenvalue weighted by molar-refractivity contribution is 0.364. The molecule has 0 atom stereocenters. The third-order valence-electron chi connectivity index (χ3n) is 0.675. The van der Waals surface area contributed by atoms with Crippen molar-refractivity contribution in [2.24, 2.45) is 0 Å². The van der Waals surface area contributed by atoms with E-state index in [2.05, 4.69) is 10.1 Å². The van der Waals surface area contributed by atoms with Crippen molar-refractivity contribution in [3.8, 4) is 12.3 Å². The first kappa shape index (κ1) is 12.1. The third-order valence-corrected chi connectivity index (χ3v) is 1.86. The minimum Gasteiger partial charge on any atom is -0.412 e. The van der Waals surface area contributed by atoms with Gasteiger partial charge in [-0.1, -0.05) is 5.92 Å². The highest BCUT2D eigenvalue weighted by molar-refractivity contribution is 7.86. The Balaban J connectivity index is 0. The van der Waals surface area contributed by atoms with E-state index in [1.165, 1.54) is 6.92 Å². The van der Waals surface area contributed by atoms with Gasteiger partial charge in [-0.25, -0.2) is 0 Å². The highest BCUT2D eigenvalue weighted by atomic mass is 32.2. The molecule has 0 aliphatic heterocycles. The van der Waals surface area contributed by atoms with E-state index >= 15 is 0 Å². The molecule has 60 valence electrons. The Bertz CT molecular complexity index is 198. The molecular weight excluding hydrogens is 156 g/mol. The van der Waals surface area contributed by atoms with E-state index in [0.29, 0.717) is 0 Å². The van der Waals surface area contributed by atoms with Crippen LogP contribution in [-0.2, 0) is 14.3 Å². The van der Waals surface area contributed by atoms with Crippen molar-refractivity contribution in [1.29, 1.82) is 0 Å². The molecule has 0 heterocycles. The summed E-state index contributed by atoms with van der Waals surface area (Å²) in [5.41, 5.74) is 0. The molecule has 0 bridgehead atoms. The lowest BCUT2D eigenvalue weighted by atomic mass is 10.8. The molecule has 0 unspecified atom stereocenters. The molecule has 5 heteroatoms. The van der Waals surface area contributed by atoms with Crippen molar-refractivity contribution in [2.45, 2.75) is 6.92 Å². The maximum Gasteiger partial charge on any atom is 0.267 e. The largest absolute Gasteiger partial charge is 0.412 e. The Morgan fingerprint density at radius 2 is 2.10 bits per heavy atom. The molecule has 0 fully saturated rings. The van der Waals surface area contributed by atoms with E-state index in [0.717, 1.165) is 0 Å². The van der Waals surface area contributed by atoms with E-state index in [9.17, 15) is 8.42 Å². The topological polar surface area (TPSA) is 74.9 Å². The fourth-order valence-corrected chi connectivity index (χ4v) is 0.621. The van der Waals surface area contributed by atoms with E-state index in [4.69, 9.17) is 6.42 Å². The van der Waals surface area contributed by atoms with Gasteiger partial charge in [0.25, 0.3) is 10.1 Å². The molecule has 10 heavy (non-hydrogen) atoms. The summed E-state index contributed by atoms with van der Waals surface area (Å²) >= 11 is 0. The number of rotatable bonds is 3. The zero-order chi connectivity index (χ0) is 7.33. The fraction of sp³-hybridized carbons (Fsp3) is 0.600. The minimum atomic E-state index is -3.32. The smallest absolute Gasteiger partial charge is 0.267 e. The number of hydrogen-bond acceptors (Lipinski definition) is 3. The second-order valence-electron chi connectivity index (χ2n) is 1.31. The molecule has 0 aliphatic rings. The number of hydrogen-bond donors (Lipinski definition) is 0. The predicted molar refractivity (Wildman–Crippen MR) is 37.9 cm³/mol. The summed E-state index contributed by atoms with van der Waals surface area (Å²) in [5.74, 6) is 2.02. The molecule has 2 N–H and O–H groups in total. The second-order valence-corrected chi connectivity index (χ2v) is 3.24. The Labute approximate surface area is 60.6 Å². The molecule has 0 aromatic carbocycles. The Hall–Kier alpha value is -0.570. The molecule has 0 aromatic heterocycles. The zero-order valence-electron chi connectivity index (χ0n) is 5.62. The Kier molecular flexibility index (Phi) is 6.35. The molecule has 0 aliphatic carbocycles. The van der Waals surface area contributed by atoms with E-state index in [1.807, 2.05) is 0 Å². The van der Waals surface area contributed by atoms with Crippen molar-refractivity contribution in [3.63, 3.8) is 0 Å². The van der Waals surface area contributed by atoms with Crippen LogP contribution in [0.4, 0.5) is 0 Å². The first-order chi connectivity index (χ1) is 4.12. The maximum absolute atomic E-state index is 10.4. The van der Waals surface area contributed by atoms with Gasteiger partial charge in [0.15, 0.2) is 0 Å². The average Bonchev–Trinajstić information content (AvgIpc) is 1.84. The molecule has 0 rings (SSSR count). The molecule has 0 saturated carbocycles. The summed E-state index contributed by atoms with van der Waals surface area (Å²) < 4.78 is 25.1. The summed E-state index contributed by atoms with van der Waals surface area (Å²) in [6.07, 6.45) is 4.75. The van der Waals surface area contributed by atoms with Crippen LogP contribution in [0.3, 0.4) is 0 Å². The number of terminal acetylenes is 1. The summed E-state index contributed by atoms with van der Waals surface area (Å²) in [5, 5.41) is 0. The molecule has 0 aromatic rings. The van der Waals surface area contributed by atoms with Crippen LogP contribution in [0.15, 0.2) is 0 Å². The molecule has 0 spiro atoms. The van der Waals surface area contributed by atoms with E-state index in [1.54, 1.807) is 0 Å². The van der Waals surface area contributed by atoms with Crippen LogP contribution in [-0.4, -0.2) is 26.3 Å². The lowest BCUT2D eigenvalue weighted by Crippen LogP contribution is -2.07. The first-order valence-electron chi connectivity index (χ1n) is 2.43. The van der Waals surface area contributed by atoms with Gasteiger partial charge in [-0.2, -0.15) is 8.42 Å². The van der Waals surface area contributed by atoms with Gasteiger partial charge in [0, 0.05) is 0 Å². The van der Waals surface area contributed by atoms with Gasteiger partial charge < -0.3 is 5.48 Å². The second kappa shape index (κ2) is 5.23. The predicted octanol–water partition coefficient (Wildman–Crippen LogP) is -0.839. The van der Waals surface area contributed by atoms with Gasteiger partial charge in [-0.3, -0.25) is 4.18 Å². The van der Waals surface area contributed by atoms with Crippen molar-refractivity contribution in [3.05, 3.63) is 0 Å². The monoisotopic (exact) mass is 166 g/mol. The first-order valence-corrected chi connectivity index (χ1v) is 4.00. The van der Waals surface area contributed by atoms with E-state index < -0.39 is 10.1 Å². The quantitative estimate of drug-likeness (QED) is 0.405. The van der Waals surface area contributed by atoms with Crippen molar-refractivity contribution in [2.75, 3.05) is 12.4 Å². The average molecular weight is 166 g/mol. The van der Waals surface area contributed by atoms with Crippen LogP contribution in [0.25, 0.3) is 0 Å². The molecule has 0 amide bonds. The van der Waals surface area contributed by atoms with Crippen LogP contribution < -0.4 is 0 Å². The third kappa shape index (κ3) is 5.56. The van der Waals surface area contributed by atoms with Crippen molar-refractivity contribution >= 4 is 10.1 Å². The van der Waals surface area contributed by atoms with Crippen LogP contribution in [0.5, 0.6) is 0 Å². The zero-order valence-corrected chi connectivity index (χ0v) is 6.44. The van der Waals surface area contributed by atoms with Gasteiger partial charge in [0.2, 0.25) is 0 Å². The molecule has 4 nitrogen and oxygen atoms in total. The van der Waals surface area contributed by atoms with Crippen LogP contribution in [0, 0.1) is 12.3 Å². The van der Waals surface area contributed by atoms with Crippen LogP contribution >= 0.6 is 0 Å². The Morgan fingerprint density at radius 1 is 1.60 bits per heavy atom. The maximum atomic E-state index is 10.4. The van der Waals surface area contributed by atoms with Gasteiger partial charge in [0.05, 0.1) is 5.75 Å². The highest BCUT2D eigenvalue weighted by Gasteiger charge is 2.03. The molecule has 0 radical (unpaired) electrons. The molecule has 0 saturated heterocycles. The summed E-state index contributed by atoms with van der Waals surface area (Å²) in [4.78, 5) is 0. The van der Waals surface area contributed by atoms with Gasteiger partial charge >= 0.3 is 0 Å². The SMILES string of the molecule is C#CCOS(=O)(=O)CC.O. The lowest BCUT2D eigenvalue weighted by Gasteiger charge is -1.95. The summed E-state index contributed by atoms with van der Waals surface area (Å²) in [7, 11) is -3.32. The van der Waals surface area contributed by atoms with Crippen LogP contribution in [0.1, 0.15) is 6.92 Å². The van der Waals surface area contributed by atoms with Gasteiger partial charge in [-0.05, 0) is 6.92 Å². The normalized spacial score (nSPS) is 9.60. The van der Waals surface area contributed by atoms with Crippen molar-refractivity contribution in [1.82, 2.24) is 0 Å². The van der Waals surface area contributed by atoms with Crippen molar-refractivity contribution < 1.29 is 18.1 Å². The standard InChI is InChI=1S/C5H8O3S.H2O/c1-3-5-8-9(6,7)4-2;/h1H,4-5H2,2H3;1H2. The highest BCUT2D eigenvalue weighted by Crippen LogP contribution is 1.89. The minimum absolute atomic E-state index is 0. The van der Waals surface area contributed by atoms with Gasteiger partial charge in [-0.15, -0.1) is 6.42 Å². The Morgan fingerprint density at radius 3 is 2.40 bits per heavy atom. The van der Waals surface area contributed by atoms with Gasteiger partial charge in [0.1, 0.15) is 6.61 Å².